The maximum Gasteiger partial charge on any atom is 0.376 e. The number of aromatic amines is 1. The first-order valence-corrected chi connectivity index (χ1v) is 8.65. The van der Waals surface area contributed by atoms with Gasteiger partial charge in [-0.25, -0.2) is 9.78 Å². The summed E-state index contributed by atoms with van der Waals surface area (Å²) in [6.45, 7) is 6.42. The molecule has 0 aliphatic carbocycles. The number of nitrogens with one attached hydrogen (secondary N) is 1. The fraction of sp³-hybridized carbons (Fsp3) is 0.438. The van der Waals surface area contributed by atoms with E-state index in [1.807, 2.05) is 27.5 Å². The SMILES string of the molecule is CC(C)(C)OC(=O)c1cnc(N2CCc3[nH]cc(I)c(=O)c3C2)o1. The molecule has 2 aromatic rings. The van der Waals surface area contributed by atoms with Crippen molar-refractivity contribution in [3.05, 3.63) is 43.2 Å². The number of oxazole rings is 1. The van der Waals surface area contributed by atoms with Gasteiger partial charge in [-0.05, 0) is 43.4 Å². The Hall–Kier alpha value is -1.84. The highest BCUT2D eigenvalue weighted by atomic mass is 127. The highest BCUT2D eigenvalue weighted by molar-refractivity contribution is 14.1. The number of fused-ring (bicyclic) bond motifs is 1. The van der Waals surface area contributed by atoms with Crippen molar-refractivity contribution >= 4 is 34.6 Å². The minimum Gasteiger partial charge on any atom is -0.454 e. The van der Waals surface area contributed by atoms with E-state index in [2.05, 4.69) is 9.97 Å². The topological polar surface area (TPSA) is 88.4 Å². The minimum atomic E-state index is -0.599. The van der Waals surface area contributed by atoms with Gasteiger partial charge in [0.05, 0.1) is 16.3 Å². The van der Waals surface area contributed by atoms with Crippen LogP contribution < -0.4 is 10.3 Å². The first-order valence-electron chi connectivity index (χ1n) is 7.57. The first kappa shape index (κ1) is 17.0. The number of anilines is 1. The molecule has 0 amide bonds. The minimum absolute atomic E-state index is 0.0213. The summed E-state index contributed by atoms with van der Waals surface area (Å²) in [4.78, 5) is 33.5. The van der Waals surface area contributed by atoms with Crippen LogP contribution in [-0.4, -0.2) is 28.1 Å². The molecule has 1 aliphatic heterocycles. The number of hydrogen-bond acceptors (Lipinski definition) is 6. The predicted molar refractivity (Wildman–Crippen MR) is 96.2 cm³/mol. The molecule has 0 radical (unpaired) electrons. The summed E-state index contributed by atoms with van der Waals surface area (Å²) in [5.74, 6) is -0.492. The molecular formula is C16H18IN3O4. The van der Waals surface area contributed by atoms with Gasteiger partial charge in [0.2, 0.25) is 5.76 Å². The number of halogens is 1. The van der Waals surface area contributed by atoms with E-state index in [9.17, 15) is 9.59 Å². The molecule has 8 heteroatoms. The molecule has 0 fully saturated rings. The van der Waals surface area contributed by atoms with Crippen LogP contribution in [-0.2, 0) is 17.7 Å². The number of pyridine rings is 1. The highest BCUT2D eigenvalue weighted by Crippen LogP contribution is 2.23. The largest absolute Gasteiger partial charge is 0.454 e. The van der Waals surface area contributed by atoms with Crippen LogP contribution in [0, 0.1) is 3.57 Å². The van der Waals surface area contributed by atoms with Crippen molar-refractivity contribution in [2.24, 2.45) is 0 Å². The molecule has 0 saturated heterocycles. The van der Waals surface area contributed by atoms with Gasteiger partial charge < -0.3 is 19.0 Å². The van der Waals surface area contributed by atoms with Crippen molar-refractivity contribution in [1.82, 2.24) is 9.97 Å². The normalized spacial score (nSPS) is 14.4. The lowest BCUT2D eigenvalue weighted by atomic mass is 10.1. The van der Waals surface area contributed by atoms with Crippen LogP contribution >= 0.6 is 22.6 Å². The summed E-state index contributed by atoms with van der Waals surface area (Å²) < 4.78 is 11.5. The second-order valence-corrected chi connectivity index (χ2v) is 7.77. The molecule has 128 valence electrons. The summed E-state index contributed by atoms with van der Waals surface area (Å²) in [6.07, 6.45) is 3.77. The number of rotatable bonds is 2. The number of carbonyl (C=O) groups excluding carboxylic acids is 1. The van der Waals surface area contributed by atoms with Crippen molar-refractivity contribution in [2.75, 3.05) is 11.4 Å². The smallest absolute Gasteiger partial charge is 0.376 e. The molecule has 1 N–H and O–H groups in total. The van der Waals surface area contributed by atoms with Crippen LogP contribution in [0.25, 0.3) is 0 Å². The lowest BCUT2D eigenvalue weighted by Gasteiger charge is -2.26. The van der Waals surface area contributed by atoms with E-state index >= 15 is 0 Å². The van der Waals surface area contributed by atoms with Gasteiger partial charge in [0.15, 0.2) is 5.43 Å². The van der Waals surface area contributed by atoms with Crippen molar-refractivity contribution in [1.29, 1.82) is 0 Å². The van der Waals surface area contributed by atoms with E-state index in [0.29, 0.717) is 34.7 Å². The van der Waals surface area contributed by atoms with E-state index in [4.69, 9.17) is 9.15 Å². The third kappa shape index (κ3) is 3.47. The van der Waals surface area contributed by atoms with Crippen LogP contribution in [0.15, 0.2) is 21.6 Å². The number of nitrogens with zero attached hydrogens (tertiary/aromatic N) is 2. The van der Waals surface area contributed by atoms with E-state index < -0.39 is 11.6 Å². The van der Waals surface area contributed by atoms with E-state index in [1.165, 1.54) is 6.20 Å². The van der Waals surface area contributed by atoms with E-state index in [1.54, 1.807) is 27.0 Å². The van der Waals surface area contributed by atoms with Gasteiger partial charge in [-0.15, -0.1) is 0 Å². The summed E-state index contributed by atoms with van der Waals surface area (Å²) >= 11 is 2.01. The zero-order valence-corrected chi connectivity index (χ0v) is 15.8. The van der Waals surface area contributed by atoms with Gasteiger partial charge in [-0.3, -0.25) is 4.79 Å². The molecule has 0 unspecified atom stereocenters. The third-order valence-electron chi connectivity index (χ3n) is 3.57. The number of hydrogen-bond donors (Lipinski definition) is 1. The molecule has 24 heavy (non-hydrogen) atoms. The van der Waals surface area contributed by atoms with Gasteiger partial charge in [0.25, 0.3) is 6.01 Å². The van der Waals surface area contributed by atoms with E-state index in [0.717, 1.165) is 5.69 Å². The molecule has 0 atom stereocenters. The summed E-state index contributed by atoms with van der Waals surface area (Å²) in [6, 6.07) is 0.319. The van der Waals surface area contributed by atoms with Crippen molar-refractivity contribution < 1.29 is 13.9 Å². The Bertz CT molecular complexity index is 835. The number of carbonyl (C=O) groups is 1. The molecular weight excluding hydrogens is 425 g/mol. The number of H-pyrrole nitrogens is 1. The summed E-state index contributed by atoms with van der Waals surface area (Å²) in [5, 5.41) is 0. The second kappa shape index (κ2) is 6.23. The zero-order chi connectivity index (χ0) is 17.5. The quantitative estimate of drug-likeness (QED) is 0.567. The Labute approximate surface area is 152 Å². The molecule has 7 nitrogen and oxygen atoms in total. The third-order valence-corrected chi connectivity index (χ3v) is 4.37. The van der Waals surface area contributed by atoms with Gasteiger partial charge in [0.1, 0.15) is 5.60 Å². The second-order valence-electron chi connectivity index (χ2n) is 6.60. The van der Waals surface area contributed by atoms with Crippen LogP contribution in [0.1, 0.15) is 42.6 Å². The molecule has 1 aliphatic rings. The zero-order valence-electron chi connectivity index (χ0n) is 13.7. The lowest BCUT2D eigenvalue weighted by molar-refractivity contribution is 0.00366. The Morgan fingerprint density at radius 2 is 2.21 bits per heavy atom. The standard InChI is InChI=1S/C16H18IN3O4/c1-16(2,3)24-14(22)12-7-19-15(23-12)20-5-4-11-9(8-20)13(21)10(17)6-18-11/h6-7H,4-5,8H2,1-3H3,(H,18,21). The van der Waals surface area contributed by atoms with Crippen LogP contribution in [0.2, 0.25) is 0 Å². The number of aromatic nitrogens is 2. The van der Waals surface area contributed by atoms with Crippen molar-refractivity contribution in [3.63, 3.8) is 0 Å². The molecule has 0 bridgehead atoms. The number of esters is 1. The van der Waals surface area contributed by atoms with Gasteiger partial charge in [0, 0.05) is 30.4 Å². The van der Waals surface area contributed by atoms with Gasteiger partial charge in [-0.2, -0.15) is 0 Å². The highest BCUT2D eigenvalue weighted by Gasteiger charge is 2.26. The monoisotopic (exact) mass is 443 g/mol. The Kier molecular flexibility index (Phi) is 4.41. The van der Waals surface area contributed by atoms with Crippen LogP contribution in [0.3, 0.4) is 0 Å². The Balaban J connectivity index is 1.81. The summed E-state index contributed by atoms with van der Waals surface area (Å²) in [7, 11) is 0. The van der Waals surface area contributed by atoms with Crippen molar-refractivity contribution in [3.8, 4) is 0 Å². The predicted octanol–water partition coefficient (Wildman–Crippen LogP) is 2.49. The Morgan fingerprint density at radius 1 is 1.46 bits per heavy atom. The maximum atomic E-state index is 12.3. The average molecular weight is 443 g/mol. The summed E-state index contributed by atoms with van der Waals surface area (Å²) in [5.41, 5.74) is 1.08. The van der Waals surface area contributed by atoms with Gasteiger partial charge >= 0.3 is 5.97 Å². The van der Waals surface area contributed by atoms with Crippen LogP contribution in [0.5, 0.6) is 0 Å². The van der Waals surface area contributed by atoms with Gasteiger partial charge in [-0.1, -0.05) is 0 Å². The van der Waals surface area contributed by atoms with E-state index in [-0.39, 0.29) is 11.2 Å². The van der Waals surface area contributed by atoms with Crippen molar-refractivity contribution in [2.45, 2.75) is 39.3 Å². The number of ether oxygens (including phenoxy) is 1. The molecule has 2 aromatic heterocycles. The first-order chi connectivity index (χ1) is 11.2. The fourth-order valence-electron chi connectivity index (χ4n) is 2.49. The molecule has 0 spiro atoms. The molecule has 3 heterocycles. The maximum absolute atomic E-state index is 12.3. The molecule has 0 saturated carbocycles. The molecule has 0 aromatic carbocycles. The molecule has 3 rings (SSSR count). The lowest BCUT2D eigenvalue weighted by Crippen LogP contribution is -2.35. The average Bonchev–Trinajstić information content (AvgIpc) is 2.99. The fourth-order valence-corrected chi connectivity index (χ4v) is 2.97. The van der Waals surface area contributed by atoms with Crippen LogP contribution in [0.4, 0.5) is 6.01 Å². The Morgan fingerprint density at radius 3 is 2.92 bits per heavy atom.